The molecule has 0 saturated heterocycles. The second-order valence-corrected chi connectivity index (χ2v) is 6.29. The molecule has 2 rings (SSSR count). The van der Waals surface area contributed by atoms with E-state index in [1.807, 2.05) is 32.9 Å². The topological polar surface area (TPSA) is 71.5 Å². The second-order valence-electron chi connectivity index (χ2n) is 6.29. The van der Waals surface area contributed by atoms with Gasteiger partial charge in [-0.2, -0.15) is 0 Å². The number of carbonyl (C=O) groups is 1. The molecule has 0 aliphatic rings. The summed E-state index contributed by atoms with van der Waals surface area (Å²) in [5.74, 6) is 0.0653. The van der Waals surface area contributed by atoms with Gasteiger partial charge in [-0.1, -0.05) is 20.8 Å². The maximum atomic E-state index is 12.5. The lowest BCUT2D eigenvalue weighted by molar-refractivity contribution is -0.179. The van der Waals surface area contributed by atoms with Crippen molar-refractivity contribution in [2.75, 3.05) is 13.7 Å². The van der Waals surface area contributed by atoms with Crippen LogP contribution < -0.4 is 4.74 Å². The molecule has 0 bridgehead atoms. The molecule has 0 unspecified atom stereocenters. The molecule has 0 aliphatic heterocycles. The Hall–Kier alpha value is -2.01. The fourth-order valence-electron chi connectivity index (χ4n) is 2.59. The maximum absolute atomic E-state index is 12.5. The van der Waals surface area contributed by atoms with Gasteiger partial charge in [-0.05, 0) is 19.1 Å². The van der Waals surface area contributed by atoms with Gasteiger partial charge in [0, 0.05) is 34.1 Å². The first-order valence-corrected chi connectivity index (χ1v) is 7.31. The summed E-state index contributed by atoms with van der Waals surface area (Å²) in [7, 11) is 1.59. The molecular formula is C17H23NO4. The van der Waals surface area contributed by atoms with Crippen molar-refractivity contribution in [3.8, 4) is 5.75 Å². The third-order valence-electron chi connectivity index (χ3n) is 3.93. The van der Waals surface area contributed by atoms with Crippen molar-refractivity contribution in [2.45, 2.75) is 33.3 Å². The summed E-state index contributed by atoms with van der Waals surface area (Å²) in [6.45, 7) is 7.37. The first-order chi connectivity index (χ1) is 10.3. The number of fused-ring (bicyclic) bond motifs is 1. The van der Waals surface area contributed by atoms with Crippen LogP contribution in [0.2, 0.25) is 0 Å². The molecule has 2 N–H and O–H groups in total. The monoisotopic (exact) mass is 305 g/mol. The van der Waals surface area contributed by atoms with Gasteiger partial charge in [0.25, 0.3) is 0 Å². The predicted molar refractivity (Wildman–Crippen MR) is 84.8 cm³/mol. The highest BCUT2D eigenvalue weighted by molar-refractivity contribution is 5.92. The molecule has 0 saturated carbocycles. The minimum atomic E-state index is -1.74. The predicted octanol–water partition coefficient (Wildman–Crippen LogP) is 2.97. The number of methoxy groups -OCH3 is 1. The Morgan fingerprint density at radius 2 is 2.00 bits per heavy atom. The number of aliphatic hydroxyl groups is 1. The van der Waals surface area contributed by atoms with E-state index in [9.17, 15) is 9.90 Å². The summed E-state index contributed by atoms with van der Waals surface area (Å²) < 4.78 is 10.3. The zero-order chi connectivity index (χ0) is 16.5. The van der Waals surface area contributed by atoms with Crippen molar-refractivity contribution in [3.63, 3.8) is 0 Å². The average molecular weight is 305 g/mol. The highest BCUT2D eigenvalue weighted by Crippen LogP contribution is 2.43. The summed E-state index contributed by atoms with van der Waals surface area (Å²) in [5, 5.41) is 12.0. The molecule has 2 aromatic rings. The van der Waals surface area contributed by atoms with Crippen LogP contribution in [0.1, 0.15) is 33.3 Å². The van der Waals surface area contributed by atoms with Gasteiger partial charge in [-0.3, -0.25) is 0 Å². The van der Waals surface area contributed by atoms with Crippen LogP contribution in [-0.4, -0.2) is 29.8 Å². The van der Waals surface area contributed by atoms with Gasteiger partial charge in [0.15, 0.2) is 5.60 Å². The van der Waals surface area contributed by atoms with Crippen molar-refractivity contribution >= 4 is 16.9 Å². The number of aromatic amines is 1. The second kappa shape index (κ2) is 5.65. The minimum absolute atomic E-state index is 0.216. The number of carbonyl (C=O) groups excluding carboxylic acids is 1. The summed E-state index contributed by atoms with van der Waals surface area (Å²) >= 11 is 0. The van der Waals surface area contributed by atoms with Crippen LogP contribution in [0.3, 0.4) is 0 Å². The highest BCUT2D eigenvalue weighted by atomic mass is 16.5. The van der Waals surface area contributed by atoms with Gasteiger partial charge in [0.1, 0.15) is 5.75 Å². The van der Waals surface area contributed by atoms with Gasteiger partial charge < -0.3 is 19.6 Å². The molecule has 1 aromatic carbocycles. The van der Waals surface area contributed by atoms with Gasteiger partial charge in [0.05, 0.1) is 13.7 Å². The summed E-state index contributed by atoms with van der Waals surface area (Å²) in [6, 6.07) is 5.46. The molecule has 1 heterocycles. The SMILES string of the molecule is CCOC(=O)[C@](O)(c1c[nH]c2cc(OC)ccc12)C(C)(C)C. The fraction of sp³-hybridized carbons (Fsp3) is 0.471. The summed E-state index contributed by atoms with van der Waals surface area (Å²) in [5.41, 5.74) is -1.16. The van der Waals surface area contributed by atoms with E-state index < -0.39 is 17.0 Å². The number of nitrogens with one attached hydrogen (secondary N) is 1. The standard InChI is InChI=1S/C17H23NO4/c1-6-22-15(19)17(20,16(2,3)4)13-10-18-14-9-11(21-5)7-8-12(13)14/h7-10,18,20H,6H2,1-5H3/t17-/m1/s1. The highest BCUT2D eigenvalue weighted by Gasteiger charge is 2.51. The van der Waals surface area contributed by atoms with Crippen LogP contribution in [0.25, 0.3) is 10.9 Å². The Morgan fingerprint density at radius 3 is 2.55 bits per heavy atom. The van der Waals surface area contributed by atoms with Crippen molar-refractivity contribution in [3.05, 3.63) is 30.0 Å². The molecule has 0 amide bonds. The Morgan fingerprint density at radius 1 is 1.32 bits per heavy atom. The zero-order valence-corrected chi connectivity index (χ0v) is 13.7. The van der Waals surface area contributed by atoms with Crippen molar-refractivity contribution in [1.82, 2.24) is 4.98 Å². The smallest absolute Gasteiger partial charge is 0.343 e. The van der Waals surface area contributed by atoms with Gasteiger partial charge >= 0.3 is 5.97 Å². The van der Waals surface area contributed by atoms with Crippen molar-refractivity contribution in [2.24, 2.45) is 5.41 Å². The van der Waals surface area contributed by atoms with Crippen LogP contribution in [0.5, 0.6) is 5.75 Å². The van der Waals surface area contributed by atoms with Crippen LogP contribution in [0, 0.1) is 5.41 Å². The Bertz CT molecular complexity index is 684. The van der Waals surface area contributed by atoms with E-state index in [1.54, 1.807) is 26.3 Å². The molecule has 0 radical (unpaired) electrons. The molecular weight excluding hydrogens is 282 g/mol. The molecule has 0 fully saturated rings. The number of hydrogen-bond donors (Lipinski definition) is 2. The molecule has 120 valence electrons. The minimum Gasteiger partial charge on any atom is -0.497 e. The lowest BCUT2D eigenvalue weighted by Crippen LogP contribution is -2.48. The van der Waals surface area contributed by atoms with Gasteiger partial charge in [0.2, 0.25) is 0 Å². The zero-order valence-electron chi connectivity index (χ0n) is 13.7. The number of rotatable bonds is 4. The Balaban J connectivity index is 2.65. The first-order valence-electron chi connectivity index (χ1n) is 7.31. The van der Waals surface area contributed by atoms with Crippen molar-refractivity contribution < 1.29 is 19.4 Å². The van der Waals surface area contributed by atoms with Crippen LogP contribution >= 0.6 is 0 Å². The number of hydrogen-bond acceptors (Lipinski definition) is 4. The molecule has 5 nitrogen and oxygen atoms in total. The fourth-order valence-corrected chi connectivity index (χ4v) is 2.59. The lowest BCUT2D eigenvalue weighted by atomic mass is 9.72. The van der Waals surface area contributed by atoms with E-state index in [-0.39, 0.29) is 6.61 Å². The van der Waals surface area contributed by atoms with Gasteiger partial charge in [-0.25, -0.2) is 4.79 Å². The number of aromatic nitrogens is 1. The van der Waals surface area contributed by atoms with Crippen LogP contribution in [0.4, 0.5) is 0 Å². The van der Waals surface area contributed by atoms with Crippen molar-refractivity contribution in [1.29, 1.82) is 0 Å². The van der Waals surface area contributed by atoms with E-state index in [1.165, 1.54) is 0 Å². The summed E-state index contributed by atoms with van der Waals surface area (Å²) in [4.78, 5) is 15.6. The number of H-pyrrole nitrogens is 1. The molecule has 1 aromatic heterocycles. The average Bonchev–Trinajstić information content (AvgIpc) is 2.88. The quantitative estimate of drug-likeness (QED) is 0.852. The van der Waals surface area contributed by atoms with Gasteiger partial charge in [-0.15, -0.1) is 0 Å². The Labute approximate surface area is 130 Å². The molecule has 0 aliphatic carbocycles. The third-order valence-corrected chi connectivity index (χ3v) is 3.93. The summed E-state index contributed by atoms with van der Waals surface area (Å²) in [6.07, 6.45) is 1.66. The Kier molecular flexibility index (Phi) is 4.20. The van der Waals surface area contributed by atoms with E-state index in [2.05, 4.69) is 4.98 Å². The first kappa shape index (κ1) is 16.4. The molecule has 22 heavy (non-hydrogen) atoms. The van der Waals surface area contributed by atoms with E-state index in [4.69, 9.17) is 9.47 Å². The number of benzene rings is 1. The molecule has 0 spiro atoms. The molecule has 5 heteroatoms. The van der Waals surface area contributed by atoms with E-state index in [0.717, 1.165) is 10.9 Å². The largest absolute Gasteiger partial charge is 0.497 e. The lowest BCUT2D eigenvalue weighted by Gasteiger charge is -2.37. The third kappa shape index (κ3) is 2.46. The normalized spacial score (nSPS) is 14.6. The number of esters is 1. The van der Waals surface area contributed by atoms with Crippen LogP contribution in [-0.2, 0) is 15.1 Å². The van der Waals surface area contributed by atoms with Crippen LogP contribution in [0.15, 0.2) is 24.4 Å². The van der Waals surface area contributed by atoms with E-state index >= 15 is 0 Å². The number of ether oxygens (including phenoxy) is 2. The maximum Gasteiger partial charge on any atom is 0.343 e. The van der Waals surface area contributed by atoms with E-state index in [0.29, 0.717) is 11.3 Å². The molecule has 1 atom stereocenters.